The van der Waals surface area contributed by atoms with E-state index in [9.17, 15) is 4.79 Å². The third-order valence-electron chi connectivity index (χ3n) is 4.28. The number of hydrogen-bond acceptors (Lipinski definition) is 3. The summed E-state index contributed by atoms with van der Waals surface area (Å²) in [5.74, 6) is 2.31. The van der Waals surface area contributed by atoms with Crippen LogP contribution < -0.4 is 9.47 Å². The summed E-state index contributed by atoms with van der Waals surface area (Å²) in [4.78, 5) is 14.6. The van der Waals surface area contributed by atoms with Crippen LogP contribution >= 0.6 is 23.2 Å². The zero-order chi connectivity index (χ0) is 18.0. The van der Waals surface area contributed by atoms with Gasteiger partial charge in [-0.25, -0.2) is 0 Å². The molecule has 0 aliphatic carbocycles. The summed E-state index contributed by atoms with van der Waals surface area (Å²) in [5, 5.41) is 1.05. The van der Waals surface area contributed by atoms with Gasteiger partial charge in [-0.3, -0.25) is 4.79 Å². The van der Waals surface area contributed by atoms with Crippen molar-refractivity contribution < 1.29 is 14.3 Å². The second kappa shape index (κ2) is 7.54. The van der Waals surface area contributed by atoms with Crippen molar-refractivity contribution in [3.8, 4) is 11.5 Å². The van der Waals surface area contributed by atoms with E-state index in [1.165, 1.54) is 5.92 Å². The molecule has 1 fully saturated rings. The van der Waals surface area contributed by atoms with Crippen molar-refractivity contribution in [2.75, 3.05) is 27.3 Å². The van der Waals surface area contributed by atoms with Crippen molar-refractivity contribution in [1.29, 1.82) is 0 Å². The van der Waals surface area contributed by atoms with E-state index >= 15 is 0 Å². The Bertz CT molecular complexity index is 772. The van der Waals surface area contributed by atoms with Crippen LogP contribution in [0.1, 0.15) is 22.3 Å². The molecule has 0 bridgehead atoms. The molecule has 0 unspecified atom stereocenters. The van der Waals surface area contributed by atoms with Gasteiger partial charge in [-0.05, 0) is 36.2 Å². The number of benzene rings is 2. The topological polar surface area (TPSA) is 38.8 Å². The molecule has 0 spiro atoms. The molecule has 4 nitrogen and oxygen atoms in total. The fourth-order valence-corrected chi connectivity index (χ4v) is 3.20. The van der Waals surface area contributed by atoms with Crippen molar-refractivity contribution in [3.63, 3.8) is 0 Å². The fraction of sp³-hybridized carbons (Fsp3) is 0.263. The molecule has 1 radical (unpaired) electrons. The van der Waals surface area contributed by atoms with Crippen molar-refractivity contribution >= 4 is 29.1 Å². The van der Waals surface area contributed by atoms with Crippen LogP contribution in [-0.2, 0) is 0 Å². The molecule has 1 heterocycles. The summed E-state index contributed by atoms with van der Waals surface area (Å²) in [6.07, 6.45) is 0.810. The maximum absolute atomic E-state index is 12.8. The number of halogens is 2. The Kier molecular flexibility index (Phi) is 5.40. The lowest BCUT2D eigenvalue weighted by Crippen LogP contribution is -2.28. The average molecular weight is 379 g/mol. The van der Waals surface area contributed by atoms with Gasteiger partial charge in [0.25, 0.3) is 5.91 Å². The van der Waals surface area contributed by atoms with Crippen LogP contribution in [0.3, 0.4) is 0 Å². The second-order valence-corrected chi connectivity index (χ2v) is 6.62. The highest BCUT2D eigenvalue weighted by atomic mass is 35.5. The molecule has 1 amide bonds. The van der Waals surface area contributed by atoms with Crippen LogP contribution in [0.25, 0.3) is 0 Å². The lowest BCUT2D eigenvalue weighted by Gasteiger charge is -2.18. The first-order chi connectivity index (χ1) is 12.0. The van der Waals surface area contributed by atoms with Gasteiger partial charge in [0, 0.05) is 30.6 Å². The number of carbonyl (C=O) groups is 1. The van der Waals surface area contributed by atoms with Gasteiger partial charge < -0.3 is 14.4 Å². The quantitative estimate of drug-likeness (QED) is 0.786. The van der Waals surface area contributed by atoms with Crippen molar-refractivity contribution in [1.82, 2.24) is 4.90 Å². The van der Waals surface area contributed by atoms with E-state index in [0.717, 1.165) is 12.0 Å². The number of methoxy groups -OCH3 is 2. The molecule has 0 saturated carbocycles. The van der Waals surface area contributed by atoms with Crippen LogP contribution in [0.15, 0.2) is 36.4 Å². The minimum atomic E-state index is -0.0488. The Morgan fingerprint density at radius 1 is 1.00 bits per heavy atom. The van der Waals surface area contributed by atoms with Gasteiger partial charge in [-0.1, -0.05) is 29.3 Å². The largest absolute Gasteiger partial charge is 0.497 e. The smallest absolute Gasteiger partial charge is 0.254 e. The summed E-state index contributed by atoms with van der Waals surface area (Å²) in [7, 11) is 3.13. The first-order valence-corrected chi connectivity index (χ1v) is 8.60. The number of nitrogens with zero attached hydrogens (tertiary/aromatic N) is 1. The lowest BCUT2D eigenvalue weighted by atomic mass is 9.99. The molecule has 0 aromatic heterocycles. The Hall–Kier alpha value is -1.91. The first kappa shape index (κ1) is 17.9. The van der Waals surface area contributed by atoms with E-state index in [1.54, 1.807) is 38.5 Å². The van der Waals surface area contributed by atoms with Gasteiger partial charge in [0.15, 0.2) is 0 Å². The minimum Gasteiger partial charge on any atom is -0.497 e. The molecule has 2 aromatic carbocycles. The number of rotatable bonds is 4. The highest BCUT2D eigenvalue weighted by Gasteiger charge is 2.29. The van der Waals surface area contributed by atoms with Gasteiger partial charge in [0.2, 0.25) is 0 Å². The zero-order valence-corrected chi connectivity index (χ0v) is 15.5. The second-order valence-electron chi connectivity index (χ2n) is 5.81. The molecule has 3 rings (SSSR count). The van der Waals surface area contributed by atoms with Crippen molar-refractivity contribution in [2.24, 2.45) is 0 Å². The molecule has 2 aromatic rings. The van der Waals surface area contributed by atoms with E-state index in [4.69, 9.17) is 32.7 Å². The van der Waals surface area contributed by atoms with Crippen molar-refractivity contribution in [2.45, 2.75) is 6.42 Å². The van der Waals surface area contributed by atoms with Gasteiger partial charge in [-0.2, -0.15) is 0 Å². The number of hydrogen-bond donors (Lipinski definition) is 0. The Morgan fingerprint density at radius 3 is 2.28 bits per heavy atom. The molecule has 0 atom stereocenters. The third kappa shape index (κ3) is 3.86. The van der Waals surface area contributed by atoms with Crippen molar-refractivity contribution in [3.05, 3.63) is 63.5 Å². The molecule has 6 heteroatoms. The molecule has 0 N–H and O–H groups in total. The summed E-state index contributed by atoms with van der Waals surface area (Å²) < 4.78 is 10.5. The number of likely N-dealkylation sites (tertiary alicyclic amines) is 1. The Labute approximate surface area is 157 Å². The maximum atomic E-state index is 12.8. The molecule has 25 heavy (non-hydrogen) atoms. The maximum Gasteiger partial charge on any atom is 0.254 e. The SMILES string of the molecule is COc1cc(OC)cc(C(=O)N2CC[C](c3ccc(Cl)c(Cl)c3)C2)c1. The lowest BCUT2D eigenvalue weighted by molar-refractivity contribution is 0.0794. The monoisotopic (exact) mass is 378 g/mol. The predicted molar refractivity (Wildman–Crippen MR) is 98.9 cm³/mol. The Morgan fingerprint density at radius 2 is 1.68 bits per heavy atom. The van der Waals surface area contributed by atoms with Crippen LogP contribution in [0, 0.1) is 5.92 Å². The van der Waals surface area contributed by atoms with Gasteiger partial charge in [0.1, 0.15) is 11.5 Å². The van der Waals surface area contributed by atoms with Crippen LogP contribution in [0.5, 0.6) is 11.5 Å². The molecular formula is C19H18Cl2NO3. The van der Waals surface area contributed by atoms with E-state index in [-0.39, 0.29) is 5.91 Å². The zero-order valence-electron chi connectivity index (χ0n) is 14.0. The molecular weight excluding hydrogens is 361 g/mol. The first-order valence-electron chi connectivity index (χ1n) is 7.84. The predicted octanol–water partition coefficient (Wildman–Crippen LogP) is 4.48. The highest BCUT2D eigenvalue weighted by Crippen LogP contribution is 2.32. The Balaban J connectivity index is 1.77. The molecule has 1 aliphatic heterocycles. The van der Waals surface area contributed by atoms with E-state index in [2.05, 4.69) is 0 Å². The van der Waals surface area contributed by atoms with E-state index in [1.807, 2.05) is 17.0 Å². The summed E-state index contributed by atoms with van der Waals surface area (Å²) in [6.45, 7) is 1.23. The van der Waals surface area contributed by atoms with E-state index < -0.39 is 0 Å². The van der Waals surface area contributed by atoms with Gasteiger partial charge in [0.05, 0.1) is 24.3 Å². The number of amides is 1. The molecule has 1 aliphatic rings. The van der Waals surface area contributed by atoms with E-state index in [0.29, 0.717) is 40.2 Å². The highest BCUT2D eigenvalue weighted by molar-refractivity contribution is 6.42. The summed E-state index contributed by atoms with van der Waals surface area (Å²) in [6, 6.07) is 10.8. The van der Waals surface area contributed by atoms with Crippen LogP contribution in [0.4, 0.5) is 0 Å². The van der Waals surface area contributed by atoms with Gasteiger partial charge in [-0.15, -0.1) is 0 Å². The normalized spacial score (nSPS) is 14.6. The molecule has 131 valence electrons. The standard InChI is InChI=1S/C19H18Cl2NO3/c1-24-15-7-14(8-16(10-15)25-2)19(23)22-6-5-13(11-22)12-3-4-17(20)18(21)9-12/h3-4,7-10H,5-6,11H2,1-2H3. The van der Waals surface area contributed by atoms with Gasteiger partial charge >= 0.3 is 0 Å². The number of ether oxygens (including phenoxy) is 2. The molecule has 1 saturated heterocycles. The third-order valence-corrected chi connectivity index (χ3v) is 5.02. The number of carbonyl (C=O) groups excluding carboxylic acids is 1. The average Bonchev–Trinajstić information content (AvgIpc) is 3.12. The summed E-state index contributed by atoms with van der Waals surface area (Å²) >= 11 is 12.1. The minimum absolute atomic E-state index is 0.0488. The summed E-state index contributed by atoms with van der Waals surface area (Å²) in [5.41, 5.74) is 1.57. The van der Waals surface area contributed by atoms with Crippen LogP contribution in [-0.4, -0.2) is 38.1 Å². The van der Waals surface area contributed by atoms with Crippen LogP contribution in [0.2, 0.25) is 10.0 Å². The fourth-order valence-electron chi connectivity index (χ4n) is 2.90.